The second kappa shape index (κ2) is 6.33. The molecule has 0 saturated heterocycles. The Morgan fingerprint density at radius 3 is 3.00 bits per heavy atom. The molecule has 2 aromatic heterocycles. The Morgan fingerprint density at radius 2 is 2.32 bits per heavy atom. The molecule has 1 N–H and O–H groups in total. The van der Waals surface area contributed by atoms with Crippen molar-refractivity contribution in [3.8, 4) is 0 Å². The highest BCUT2D eigenvalue weighted by molar-refractivity contribution is 5.15. The molecule has 2 heterocycles. The first-order valence-electron chi connectivity index (χ1n) is 6.53. The summed E-state index contributed by atoms with van der Waals surface area (Å²) < 4.78 is 3.85. The molecule has 2 rings (SSSR count). The Hall–Kier alpha value is -1.88. The van der Waals surface area contributed by atoms with Crippen LogP contribution in [0.15, 0.2) is 37.3 Å². The summed E-state index contributed by atoms with van der Waals surface area (Å²) in [5, 5.41) is 12.1. The zero-order chi connectivity index (χ0) is 13.7. The van der Waals surface area contributed by atoms with Crippen molar-refractivity contribution in [2.24, 2.45) is 0 Å². The number of nitrogens with zero attached hydrogens (tertiary/aromatic N) is 4. The van der Waals surface area contributed by atoms with E-state index in [2.05, 4.69) is 35.2 Å². The van der Waals surface area contributed by atoms with E-state index in [1.165, 1.54) is 5.56 Å². The molecule has 0 aromatic carbocycles. The lowest BCUT2D eigenvalue weighted by Gasteiger charge is -2.13. The maximum Gasteiger partial charge on any atom is 0.0638 e. The van der Waals surface area contributed by atoms with E-state index >= 15 is 0 Å². The Bertz CT molecular complexity index is 512. The van der Waals surface area contributed by atoms with Crippen LogP contribution in [0.4, 0.5) is 0 Å². The van der Waals surface area contributed by atoms with E-state index in [0.717, 1.165) is 25.3 Å². The Morgan fingerprint density at radius 1 is 1.47 bits per heavy atom. The molecule has 2 aromatic rings. The molecular formula is C14H21N5. The zero-order valence-electron chi connectivity index (χ0n) is 11.6. The van der Waals surface area contributed by atoms with Gasteiger partial charge in [-0.3, -0.25) is 9.36 Å². The van der Waals surface area contributed by atoms with Gasteiger partial charge in [-0.15, -0.1) is 6.58 Å². The summed E-state index contributed by atoms with van der Waals surface area (Å²) in [7, 11) is 0. The smallest absolute Gasteiger partial charge is 0.0638 e. The van der Waals surface area contributed by atoms with Crippen LogP contribution in [0.3, 0.4) is 0 Å². The van der Waals surface area contributed by atoms with Gasteiger partial charge in [-0.2, -0.15) is 10.2 Å². The minimum absolute atomic E-state index is 0.363. The van der Waals surface area contributed by atoms with Crippen LogP contribution in [-0.2, 0) is 19.6 Å². The number of hydrogen-bond acceptors (Lipinski definition) is 3. The summed E-state index contributed by atoms with van der Waals surface area (Å²) in [4.78, 5) is 0. The van der Waals surface area contributed by atoms with Gasteiger partial charge in [0.25, 0.3) is 0 Å². The molecule has 102 valence electrons. The largest absolute Gasteiger partial charge is 0.308 e. The summed E-state index contributed by atoms with van der Waals surface area (Å²) in [5.74, 6) is 0. The number of rotatable bonds is 7. The predicted octanol–water partition coefficient (Wildman–Crippen LogP) is 1.75. The second-order valence-electron chi connectivity index (χ2n) is 4.76. The molecule has 19 heavy (non-hydrogen) atoms. The maximum atomic E-state index is 4.44. The molecule has 0 amide bonds. The number of aryl methyl sites for hydroxylation is 1. The van der Waals surface area contributed by atoms with E-state index in [1.807, 2.05) is 34.6 Å². The third-order valence-corrected chi connectivity index (χ3v) is 3.03. The van der Waals surface area contributed by atoms with E-state index < -0.39 is 0 Å². The SMILES string of the molecule is C=CCn1cc(CN[C@H](C)Cn2cccn2)c(C)n1. The lowest BCUT2D eigenvalue weighted by atomic mass is 10.2. The van der Waals surface area contributed by atoms with Gasteiger partial charge in [0.15, 0.2) is 0 Å². The molecule has 0 saturated carbocycles. The van der Waals surface area contributed by atoms with Crippen molar-refractivity contribution in [2.45, 2.75) is 39.5 Å². The van der Waals surface area contributed by atoms with Crippen LogP contribution in [0, 0.1) is 6.92 Å². The van der Waals surface area contributed by atoms with Gasteiger partial charge in [-0.05, 0) is 19.9 Å². The van der Waals surface area contributed by atoms with Gasteiger partial charge in [-0.25, -0.2) is 0 Å². The molecule has 0 unspecified atom stereocenters. The van der Waals surface area contributed by atoms with E-state index in [0.29, 0.717) is 6.04 Å². The maximum absolute atomic E-state index is 4.44. The van der Waals surface area contributed by atoms with Gasteiger partial charge in [0.1, 0.15) is 0 Å². The van der Waals surface area contributed by atoms with Gasteiger partial charge in [-0.1, -0.05) is 6.08 Å². The topological polar surface area (TPSA) is 47.7 Å². The lowest BCUT2D eigenvalue weighted by Crippen LogP contribution is -2.30. The van der Waals surface area contributed by atoms with Crippen LogP contribution in [-0.4, -0.2) is 25.6 Å². The highest BCUT2D eigenvalue weighted by atomic mass is 15.3. The van der Waals surface area contributed by atoms with Gasteiger partial charge in [0.2, 0.25) is 0 Å². The molecule has 5 nitrogen and oxygen atoms in total. The summed E-state index contributed by atoms with van der Waals surface area (Å²) in [5.41, 5.74) is 2.30. The van der Waals surface area contributed by atoms with Crippen molar-refractivity contribution in [1.29, 1.82) is 0 Å². The van der Waals surface area contributed by atoms with Gasteiger partial charge in [0.05, 0.1) is 18.8 Å². The van der Waals surface area contributed by atoms with Crippen LogP contribution < -0.4 is 5.32 Å². The Balaban J connectivity index is 1.85. The first-order chi connectivity index (χ1) is 9.19. The van der Waals surface area contributed by atoms with Crippen molar-refractivity contribution in [2.75, 3.05) is 0 Å². The fraction of sp³-hybridized carbons (Fsp3) is 0.429. The van der Waals surface area contributed by atoms with Crippen LogP contribution in [0.5, 0.6) is 0 Å². The lowest BCUT2D eigenvalue weighted by molar-refractivity contribution is 0.450. The molecule has 0 fully saturated rings. The van der Waals surface area contributed by atoms with Crippen molar-refractivity contribution in [3.05, 3.63) is 48.6 Å². The highest BCUT2D eigenvalue weighted by Gasteiger charge is 2.07. The third kappa shape index (κ3) is 3.79. The van der Waals surface area contributed by atoms with E-state index in [4.69, 9.17) is 0 Å². The Kier molecular flexibility index (Phi) is 4.52. The van der Waals surface area contributed by atoms with Crippen LogP contribution in [0.1, 0.15) is 18.2 Å². The molecular weight excluding hydrogens is 238 g/mol. The number of hydrogen-bond donors (Lipinski definition) is 1. The average Bonchev–Trinajstić information content (AvgIpc) is 2.97. The van der Waals surface area contributed by atoms with Gasteiger partial charge in [0, 0.05) is 36.7 Å². The van der Waals surface area contributed by atoms with Crippen molar-refractivity contribution < 1.29 is 0 Å². The van der Waals surface area contributed by atoms with Crippen LogP contribution in [0.2, 0.25) is 0 Å². The van der Waals surface area contributed by atoms with Gasteiger partial charge >= 0.3 is 0 Å². The molecule has 0 aliphatic heterocycles. The average molecular weight is 259 g/mol. The molecule has 0 aliphatic rings. The molecule has 5 heteroatoms. The third-order valence-electron chi connectivity index (χ3n) is 3.03. The summed E-state index contributed by atoms with van der Waals surface area (Å²) in [6.07, 6.45) is 7.70. The van der Waals surface area contributed by atoms with Crippen molar-refractivity contribution in [3.63, 3.8) is 0 Å². The van der Waals surface area contributed by atoms with Crippen molar-refractivity contribution in [1.82, 2.24) is 24.9 Å². The summed E-state index contributed by atoms with van der Waals surface area (Å²) >= 11 is 0. The van der Waals surface area contributed by atoms with Crippen molar-refractivity contribution >= 4 is 0 Å². The van der Waals surface area contributed by atoms with E-state index in [1.54, 1.807) is 6.20 Å². The first-order valence-corrected chi connectivity index (χ1v) is 6.53. The van der Waals surface area contributed by atoms with Gasteiger partial charge < -0.3 is 5.32 Å². The molecule has 1 atom stereocenters. The highest BCUT2D eigenvalue weighted by Crippen LogP contribution is 2.06. The van der Waals surface area contributed by atoms with Crippen LogP contribution in [0.25, 0.3) is 0 Å². The molecule has 0 aliphatic carbocycles. The standard InChI is InChI=1S/C14H21N5/c1-4-7-19-11-14(13(3)17-19)9-15-12(2)10-18-8-5-6-16-18/h4-6,8,11-12,15H,1,7,9-10H2,2-3H3/t12-/m1/s1. The minimum Gasteiger partial charge on any atom is -0.308 e. The van der Waals surface area contributed by atoms with E-state index in [9.17, 15) is 0 Å². The zero-order valence-corrected chi connectivity index (χ0v) is 11.6. The quantitative estimate of drug-likeness (QED) is 0.771. The predicted molar refractivity (Wildman–Crippen MR) is 75.7 cm³/mol. The number of allylic oxidation sites excluding steroid dienone is 1. The normalized spacial score (nSPS) is 12.5. The van der Waals surface area contributed by atoms with E-state index in [-0.39, 0.29) is 0 Å². The monoisotopic (exact) mass is 259 g/mol. The Labute approximate surface area is 113 Å². The first kappa shape index (κ1) is 13.5. The summed E-state index contributed by atoms with van der Waals surface area (Å²) in [6.45, 7) is 10.4. The summed E-state index contributed by atoms with van der Waals surface area (Å²) in [6, 6.07) is 2.30. The number of aromatic nitrogens is 4. The number of nitrogens with one attached hydrogen (secondary N) is 1. The second-order valence-corrected chi connectivity index (χ2v) is 4.76. The fourth-order valence-electron chi connectivity index (χ4n) is 2.00. The molecule has 0 radical (unpaired) electrons. The fourth-order valence-corrected chi connectivity index (χ4v) is 2.00. The molecule has 0 spiro atoms. The molecule has 0 bridgehead atoms. The van der Waals surface area contributed by atoms with Crippen LogP contribution >= 0.6 is 0 Å². The minimum atomic E-state index is 0.363.